The minimum Gasteiger partial charge on any atom is -0.430 e. The fraction of sp³-hybridized carbons (Fsp3) is 0.0769. The van der Waals surface area contributed by atoms with Crippen LogP contribution in [-0.2, 0) is 6.42 Å². The van der Waals surface area contributed by atoms with Gasteiger partial charge in [-0.25, -0.2) is 4.98 Å². The van der Waals surface area contributed by atoms with Crippen LogP contribution < -0.4 is 11.5 Å². The van der Waals surface area contributed by atoms with E-state index in [4.69, 9.17) is 21.1 Å². The van der Waals surface area contributed by atoms with E-state index in [9.17, 15) is 0 Å². The third kappa shape index (κ3) is 2.28. The zero-order valence-electron chi connectivity index (χ0n) is 10.9. The Bertz CT molecular complexity index is 827. The quantitative estimate of drug-likeness (QED) is 0.735. The molecule has 0 amide bonds. The molecule has 3 rings (SSSR count). The molecule has 0 aromatic carbocycles. The highest BCUT2D eigenvalue weighted by Gasteiger charge is 2.11. The second kappa shape index (κ2) is 4.97. The number of anilines is 2. The van der Waals surface area contributed by atoms with Crippen molar-refractivity contribution in [3.8, 4) is 23.2 Å². The van der Waals surface area contributed by atoms with Crippen molar-refractivity contribution in [1.82, 2.24) is 19.7 Å². The summed E-state index contributed by atoms with van der Waals surface area (Å²) in [5.41, 5.74) is 14.0. The predicted octanol–water partition coefficient (Wildman–Crippen LogP) is 1.15. The first-order valence-corrected chi connectivity index (χ1v) is 6.05. The Morgan fingerprint density at radius 3 is 3.05 bits per heavy atom. The summed E-state index contributed by atoms with van der Waals surface area (Å²) in [6.45, 7) is 0. The van der Waals surface area contributed by atoms with E-state index in [-0.39, 0.29) is 18.3 Å². The number of nitrogens with zero attached hydrogens (tertiary/aromatic N) is 5. The first-order chi connectivity index (χ1) is 10.2. The molecule has 3 heterocycles. The first kappa shape index (κ1) is 12.7. The lowest BCUT2D eigenvalue weighted by molar-refractivity contribution is 0.509. The van der Waals surface area contributed by atoms with Crippen molar-refractivity contribution in [1.29, 1.82) is 5.26 Å². The van der Waals surface area contributed by atoms with Crippen LogP contribution in [0.2, 0.25) is 0 Å². The van der Waals surface area contributed by atoms with Gasteiger partial charge in [0.1, 0.15) is 12.1 Å². The maximum absolute atomic E-state index is 8.62. The molecule has 0 aliphatic carbocycles. The van der Waals surface area contributed by atoms with Gasteiger partial charge in [0.25, 0.3) is 0 Å². The number of hydrogen-bond acceptors (Lipinski definition) is 7. The van der Waals surface area contributed by atoms with E-state index in [2.05, 4.69) is 15.1 Å². The van der Waals surface area contributed by atoms with E-state index >= 15 is 0 Å². The summed E-state index contributed by atoms with van der Waals surface area (Å²) in [6.07, 6.45) is 6.53. The maximum Gasteiger partial charge on any atom is 0.322 e. The molecule has 4 N–H and O–H groups in total. The molecule has 21 heavy (non-hydrogen) atoms. The standard InChI is InChI=1S/C13H11N7O/c14-3-1-9-7-21-13(19-9)20-6-8(5-18-20)10-2-4-17-12(16)11(10)15/h2,4-7H,1,15H2,(H2,16,17). The molecule has 0 saturated carbocycles. The second-order valence-electron chi connectivity index (χ2n) is 4.29. The van der Waals surface area contributed by atoms with Crippen LogP contribution in [0.5, 0.6) is 0 Å². The summed E-state index contributed by atoms with van der Waals surface area (Å²) in [5.74, 6) is 0.271. The molecule has 8 heteroatoms. The highest BCUT2D eigenvalue weighted by atomic mass is 16.4. The first-order valence-electron chi connectivity index (χ1n) is 6.05. The number of nitrogens with two attached hydrogens (primary N) is 2. The SMILES string of the molecule is N#CCc1coc(-n2cc(-c3ccnc(N)c3N)cn2)n1. The highest BCUT2D eigenvalue weighted by Crippen LogP contribution is 2.28. The van der Waals surface area contributed by atoms with E-state index < -0.39 is 0 Å². The lowest BCUT2D eigenvalue weighted by Crippen LogP contribution is -1.99. The van der Waals surface area contributed by atoms with E-state index in [0.29, 0.717) is 11.4 Å². The van der Waals surface area contributed by atoms with Crippen molar-refractivity contribution in [2.24, 2.45) is 0 Å². The third-order valence-electron chi connectivity index (χ3n) is 2.91. The summed E-state index contributed by atoms with van der Waals surface area (Å²) >= 11 is 0. The van der Waals surface area contributed by atoms with Crippen LogP contribution in [0.1, 0.15) is 5.69 Å². The molecule has 0 unspecified atom stereocenters. The predicted molar refractivity (Wildman–Crippen MR) is 75.0 cm³/mol. The Hall–Kier alpha value is -3.34. The zero-order valence-corrected chi connectivity index (χ0v) is 10.9. The molecule has 0 atom stereocenters. The Kier molecular flexibility index (Phi) is 3.00. The van der Waals surface area contributed by atoms with Gasteiger partial charge in [0, 0.05) is 23.5 Å². The van der Waals surface area contributed by atoms with Crippen molar-refractivity contribution in [2.75, 3.05) is 11.5 Å². The van der Waals surface area contributed by atoms with Gasteiger partial charge in [0.15, 0.2) is 0 Å². The summed E-state index contributed by atoms with van der Waals surface area (Å²) in [4.78, 5) is 8.08. The molecule has 104 valence electrons. The average Bonchev–Trinajstić information content (AvgIpc) is 3.11. The average molecular weight is 281 g/mol. The van der Waals surface area contributed by atoms with Crippen molar-refractivity contribution in [3.63, 3.8) is 0 Å². The van der Waals surface area contributed by atoms with Crippen molar-refractivity contribution < 1.29 is 4.42 Å². The molecule has 0 radical (unpaired) electrons. The summed E-state index contributed by atoms with van der Waals surface area (Å²) in [5, 5.41) is 12.8. The number of oxazole rings is 1. The molecule has 0 aliphatic rings. The normalized spacial score (nSPS) is 10.4. The third-order valence-corrected chi connectivity index (χ3v) is 2.91. The number of pyridine rings is 1. The Morgan fingerprint density at radius 1 is 1.38 bits per heavy atom. The number of aromatic nitrogens is 4. The van der Waals surface area contributed by atoms with Gasteiger partial charge < -0.3 is 15.9 Å². The van der Waals surface area contributed by atoms with E-state index in [1.165, 1.54) is 10.9 Å². The van der Waals surface area contributed by atoms with Crippen LogP contribution in [0, 0.1) is 11.3 Å². The molecule has 0 saturated heterocycles. The van der Waals surface area contributed by atoms with E-state index in [0.717, 1.165) is 11.1 Å². The molecule has 0 bridgehead atoms. The number of nitriles is 1. The molecule has 3 aromatic heterocycles. The molecule has 0 spiro atoms. The summed E-state index contributed by atoms with van der Waals surface area (Å²) < 4.78 is 6.74. The highest BCUT2D eigenvalue weighted by molar-refractivity contribution is 5.81. The number of hydrogen-bond donors (Lipinski definition) is 2. The zero-order chi connectivity index (χ0) is 14.8. The topological polar surface area (TPSA) is 133 Å². The van der Waals surface area contributed by atoms with Crippen LogP contribution in [0.15, 0.2) is 35.3 Å². The van der Waals surface area contributed by atoms with Crippen LogP contribution in [-0.4, -0.2) is 19.7 Å². The molecule has 8 nitrogen and oxygen atoms in total. The van der Waals surface area contributed by atoms with Gasteiger partial charge in [-0.15, -0.1) is 0 Å². The van der Waals surface area contributed by atoms with Crippen molar-refractivity contribution in [2.45, 2.75) is 6.42 Å². The second-order valence-corrected chi connectivity index (χ2v) is 4.29. The summed E-state index contributed by atoms with van der Waals surface area (Å²) in [6, 6.07) is 4.04. The minimum absolute atomic E-state index is 0.186. The molecule has 0 aliphatic heterocycles. The monoisotopic (exact) mass is 281 g/mol. The van der Waals surface area contributed by atoms with Crippen LogP contribution >= 0.6 is 0 Å². The van der Waals surface area contributed by atoms with Crippen molar-refractivity contribution >= 4 is 11.5 Å². The molecular weight excluding hydrogens is 270 g/mol. The number of nitrogen functional groups attached to an aromatic ring is 2. The van der Waals surface area contributed by atoms with E-state index in [1.807, 2.05) is 6.07 Å². The lowest BCUT2D eigenvalue weighted by Gasteiger charge is -2.04. The van der Waals surface area contributed by atoms with Gasteiger partial charge in [-0.3, -0.25) is 0 Å². The smallest absolute Gasteiger partial charge is 0.322 e. The maximum atomic E-state index is 8.62. The molecular formula is C13H11N7O. The Balaban J connectivity index is 1.96. The lowest BCUT2D eigenvalue weighted by atomic mass is 10.1. The largest absolute Gasteiger partial charge is 0.430 e. The van der Waals surface area contributed by atoms with Gasteiger partial charge in [-0.1, -0.05) is 0 Å². The van der Waals surface area contributed by atoms with Gasteiger partial charge in [-0.2, -0.15) is 20.0 Å². The fourth-order valence-electron chi connectivity index (χ4n) is 1.87. The minimum atomic E-state index is 0.186. The molecule has 0 fully saturated rings. The van der Waals surface area contributed by atoms with E-state index in [1.54, 1.807) is 24.7 Å². The van der Waals surface area contributed by atoms with Crippen LogP contribution in [0.4, 0.5) is 11.5 Å². The van der Waals surface area contributed by atoms with Crippen LogP contribution in [0.25, 0.3) is 17.1 Å². The van der Waals surface area contributed by atoms with Crippen LogP contribution in [0.3, 0.4) is 0 Å². The van der Waals surface area contributed by atoms with Gasteiger partial charge in [0.2, 0.25) is 0 Å². The Labute approximate surface area is 119 Å². The summed E-state index contributed by atoms with van der Waals surface area (Å²) in [7, 11) is 0. The van der Waals surface area contributed by atoms with Gasteiger partial charge in [0.05, 0.1) is 30.1 Å². The van der Waals surface area contributed by atoms with Gasteiger partial charge in [-0.05, 0) is 6.07 Å². The Morgan fingerprint density at radius 2 is 2.24 bits per heavy atom. The van der Waals surface area contributed by atoms with Gasteiger partial charge >= 0.3 is 6.01 Å². The number of rotatable bonds is 3. The molecule has 3 aromatic rings. The van der Waals surface area contributed by atoms with Crippen molar-refractivity contribution in [3.05, 3.63) is 36.6 Å². The fourth-order valence-corrected chi connectivity index (χ4v) is 1.87.